The molecule has 0 unspecified atom stereocenters. The van der Waals surface area contributed by atoms with Gasteiger partial charge in [0, 0.05) is 4.47 Å². The molecule has 0 aliphatic heterocycles. The summed E-state index contributed by atoms with van der Waals surface area (Å²) in [7, 11) is 0. The van der Waals surface area contributed by atoms with Gasteiger partial charge < -0.3 is 0 Å². The SMILES string of the molecule is [2H]c1ccc(Br)c([2H])c1[2H]. The molecule has 0 spiro atoms. The molecular weight excluding hydrogens is 152 g/mol. The van der Waals surface area contributed by atoms with Crippen LogP contribution in [0, 0.1) is 0 Å². The Labute approximate surface area is 55.5 Å². The lowest BCUT2D eigenvalue weighted by Crippen LogP contribution is -1.55. The van der Waals surface area contributed by atoms with Crippen molar-refractivity contribution >= 4 is 15.9 Å². The summed E-state index contributed by atoms with van der Waals surface area (Å²) >= 11 is 3.09. The predicted octanol–water partition coefficient (Wildman–Crippen LogP) is 2.45. The van der Waals surface area contributed by atoms with Crippen LogP contribution in [0.3, 0.4) is 0 Å². The first-order chi connectivity index (χ1) is 4.63. The fraction of sp³-hybridized carbons (Fsp3) is 0. The van der Waals surface area contributed by atoms with E-state index in [0.29, 0.717) is 4.47 Å². The van der Waals surface area contributed by atoms with Crippen molar-refractivity contribution in [2.75, 3.05) is 0 Å². The summed E-state index contributed by atoms with van der Waals surface area (Å²) in [5.41, 5.74) is 0. The van der Waals surface area contributed by atoms with E-state index in [4.69, 9.17) is 4.11 Å². The maximum Gasteiger partial charge on any atom is 0.0635 e. The molecule has 1 heteroatoms. The summed E-state index contributed by atoms with van der Waals surface area (Å²) in [6, 6.07) is 3.22. The summed E-state index contributed by atoms with van der Waals surface area (Å²) in [6.45, 7) is 0. The first kappa shape index (κ1) is 2.31. The highest BCUT2D eigenvalue weighted by Crippen LogP contribution is 2.05. The number of hydrogen-bond donors (Lipinski definition) is 0. The van der Waals surface area contributed by atoms with Crippen molar-refractivity contribution in [1.82, 2.24) is 0 Å². The molecule has 0 aliphatic carbocycles. The molecule has 0 radical (unpaired) electrons. The van der Waals surface area contributed by atoms with E-state index in [-0.39, 0.29) is 18.1 Å². The molecule has 0 nitrogen and oxygen atoms in total. The molecule has 0 atom stereocenters. The smallest absolute Gasteiger partial charge is 0.0622 e. The van der Waals surface area contributed by atoms with Gasteiger partial charge in [0.1, 0.15) is 0 Å². The summed E-state index contributed by atoms with van der Waals surface area (Å²) in [5.74, 6) is 0. The van der Waals surface area contributed by atoms with Crippen LogP contribution in [0.15, 0.2) is 34.7 Å². The van der Waals surface area contributed by atoms with Gasteiger partial charge >= 0.3 is 0 Å². The third-order valence-corrected chi connectivity index (χ3v) is 1.03. The Hall–Kier alpha value is -0.300. The van der Waals surface area contributed by atoms with Crippen molar-refractivity contribution in [3.8, 4) is 0 Å². The summed E-state index contributed by atoms with van der Waals surface area (Å²) in [4.78, 5) is 0. The van der Waals surface area contributed by atoms with E-state index in [1.54, 1.807) is 6.07 Å². The maximum absolute atomic E-state index is 7.23. The van der Waals surface area contributed by atoms with Crippen LogP contribution < -0.4 is 0 Å². The van der Waals surface area contributed by atoms with Crippen molar-refractivity contribution in [3.05, 3.63) is 34.7 Å². The minimum atomic E-state index is -0.0330. The lowest BCUT2D eigenvalue weighted by Gasteiger charge is -1.80. The second kappa shape index (κ2) is 2.12. The first-order valence-corrected chi connectivity index (χ1v) is 2.64. The highest BCUT2D eigenvalue weighted by molar-refractivity contribution is 9.10. The minimum absolute atomic E-state index is 0.0330. The lowest BCUT2D eigenvalue weighted by molar-refractivity contribution is 1.66. The molecule has 0 heterocycles. The molecule has 0 N–H and O–H groups in total. The van der Waals surface area contributed by atoms with Crippen LogP contribution in [0.25, 0.3) is 0 Å². The second-order valence-corrected chi connectivity index (χ2v) is 1.93. The molecule has 1 rings (SSSR count). The van der Waals surface area contributed by atoms with Gasteiger partial charge in [-0.3, -0.25) is 0 Å². The fourth-order valence-electron chi connectivity index (χ4n) is 0.294. The monoisotopic (exact) mass is 159 g/mol. The summed E-state index contributed by atoms with van der Waals surface area (Å²) in [5, 5.41) is 0. The van der Waals surface area contributed by atoms with Crippen LogP contribution in [0.4, 0.5) is 0 Å². The Kier molecular flexibility index (Phi) is 0.702. The van der Waals surface area contributed by atoms with Crippen molar-refractivity contribution in [3.63, 3.8) is 0 Å². The Bertz CT molecular complexity index is 232. The molecule has 0 bridgehead atoms. The summed E-state index contributed by atoms with van der Waals surface area (Å²) in [6.07, 6.45) is 0. The van der Waals surface area contributed by atoms with E-state index < -0.39 is 0 Å². The van der Waals surface area contributed by atoms with E-state index >= 15 is 0 Å². The largest absolute Gasteiger partial charge is 0.0635 e. The van der Waals surface area contributed by atoms with E-state index in [0.717, 1.165) is 0 Å². The third-order valence-electron chi connectivity index (χ3n) is 0.567. The van der Waals surface area contributed by atoms with Crippen molar-refractivity contribution in [1.29, 1.82) is 0 Å². The van der Waals surface area contributed by atoms with Crippen LogP contribution in [0.2, 0.25) is 0 Å². The predicted molar refractivity (Wildman–Crippen MR) is 34.1 cm³/mol. The van der Waals surface area contributed by atoms with Gasteiger partial charge in [0.05, 0.1) is 4.11 Å². The fourth-order valence-corrected chi connectivity index (χ4v) is 0.525. The zero-order valence-electron chi connectivity index (χ0n) is 6.53. The molecule has 0 amide bonds. The molecule has 36 valence electrons. The van der Waals surface area contributed by atoms with Gasteiger partial charge in [0.2, 0.25) is 0 Å². The van der Waals surface area contributed by atoms with Gasteiger partial charge in [-0.1, -0.05) is 34.1 Å². The third kappa shape index (κ3) is 1.32. The van der Waals surface area contributed by atoms with E-state index in [1.165, 1.54) is 6.07 Å². The zero-order chi connectivity index (χ0) is 7.72. The van der Waals surface area contributed by atoms with Gasteiger partial charge in [-0.2, -0.15) is 0 Å². The quantitative estimate of drug-likeness (QED) is 0.546. The maximum atomic E-state index is 7.23. The zero-order valence-corrected chi connectivity index (χ0v) is 5.12. The topological polar surface area (TPSA) is 0 Å². The summed E-state index contributed by atoms with van der Waals surface area (Å²) < 4.78 is 22.1. The molecule has 0 fully saturated rings. The average molecular weight is 160 g/mol. The number of benzene rings is 1. The average Bonchev–Trinajstić information content (AvgIpc) is 1.93. The van der Waals surface area contributed by atoms with Gasteiger partial charge in [0.15, 0.2) is 0 Å². The lowest BCUT2D eigenvalue weighted by atomic mass is 10.4. The molecular formula is C6H5Br. The number of rotatable bonds is 0. The van der Waals surface area contributed by atoms with E-state index in [2.05, 4.69) is 15.9 Å². The van der Waals surface area contributed by atoms with E-state index in [9.17, 15) is 0 Å². The molecule has 0 saturated carbocycles. The van der Waals surface area contributed by atoms with Crippen LogP contribution in [0.5, 0.6) is 0 Å². The molecule has 0 aliphatic rings. The van der Waals surface area contributed by atoms with Gasteiger partial charge in [-0.15, -0.1) is 0 Å². The van der Waals surface area contributed by atoms with Crippen LogP contribution in [-0.2, 0) is 0 Å². The van der Waals surface area contributed by atoms with Crippen LogP contribution in [0.1, 0.15) is 4.11 Å². The molecule has 7 heavy (non-hydrogen) atoms. The number of hydrogen-bond acceptors (Lipinski definition) is 0. The first-order valence-electron chi connectivity index (χ1n) is 3.35. The van der Waals surface area contributed by atoms with Gasteiger partial charge in [0.25, 0.3) is 0 Å². The van der Waals surface area contributed by atoms with Crippen molar-refractivity contribution < 1.29 is 4.11 Å². The highest BCUT2D eigenvalue weighted by Gasteiger charge is 1.74. The molecule has 1 aromatic rings. The standard InChI is InChI=1S/C6H5Br/c7-6-4-2-1-3-5-6/h1-5H/i1D,2D,4D. The van der Waals surface area contributed by atoms with Crippen LogP contribution in [-0.4, -0.2) is 0 Å². The highest BCUT2D eigenvalue weighted by atomic mass is 79.9. The molecule has 0 aromatic heterocycles. The van der Waals surface area contributed by atoms with Crippen LogP contribution >= 0.6 is 15.9 Å². The number of halogens is 1. The van der Waals surface area contributed by atoms with Gasteiger partial charge in [-0.05, 0) is 12.1 Å². The normalized spacial score (nSPS) is 14.7. The van der Waals surface area contributed by atoms with E-state index in [1.807, 2.05) is 0 Å². The Balaban J connectivity index is 3.34. The molecule has 0 saturated heterocycles. The molecule has 1 aromatic carbocycles. The Morgan fingerprint density at radius 2 is 2.43 bits per heavy atom. The van der Waals surface area contributed by atoms with Gasteiger partial charge in [-0.25, -0.2) is 0 Å². The minimum Gasteiger partial charge on any atom is -0.0622 e. The Morgan fingerprint density at radius 3 is 3.14 bits per heavy atom. The van der Waals surface area contributed by atoms with Crippen molar-refractivity contribution in [2.24, 2.45) is 0 Å². The van der Waals surface area contributed by atoms with Crippen molar-refractivity contribution in [2.45, 2.75) is 0 Å². The Morgan fingerprint density at radius 1 is 1.57 bits per heavy atom. The second-order valence-electron chi connectivity index (χ2n) is 1.08.